The summed E-state index contributed by atoms with van der Waals surface area (Å²) in [6.45, 7) is 2.40. The highest BCUT2D eigenvalue weighted by Crippen LogP contribution is 2.16. The number of hydrogen-bond donors (Lipinski definition) is 3. The molecule has 0 aliphatic rings. The molecule has 0 spiro atoms. The van der Waals surface area contributed by atoms with E-state index in [1.807, 2.05) is 30.3 Å². The summed E-state index contributed by atoms with van der Waals surface area (Å²) in [6, 6.07) is 14.6. The third-order valence-electron chi connectivity index (χ3n) is 4.11. The Balaban J connectivity index is 1.61. The van der Waals surface area contributed by atoms with Crippen LogP contribution in [0.4, 0.5) is 5.13 Å². The predicted octanol–water partition coefficient (Wildman–Crippen LogP) is 1.95. The predicted molar refractivity (Wildman–Crippen MR) is 121 cm³/mol. The Kier molecular flexibility index (Phi) is 8.16. The Bertz CT molecular complexity index is 1030. The quantitative estimate of drug-likeness (QED) is 0.192. The molecule has 160 valence electrons. The van der Waals surface area contributed by atoms with Gasteiger partial charge in [-0.1, -0.05) is 30.3 Å². The second-order valence-corrected chi connectivity index (χ2v) is 7.30. The molecule has 10 heteroatoms. The first kappa shape index (κ1) is 22.5. The average Bonchev–Trinajstić information content (AvgIpc) is 3.20. The van der Waals surface area contributed by atoms with Crippen molar-refractivity contribution >= 4 is 41.2 Å². The summed E-state index contributed by atoms with van der Waals surface area (Å²) in [7, 11) is -1.68. The van der Waals surface area contributed by atoms with Crippen LogP contribution in [0.25, 0.3) is 0 Å². The van der Waals surface area contributed by atoms with Crippen molar-refractivity contribution in [3.05, 3.63) is 70.7 Å². The van der Waals surface area contributed by atoms with E-state index in [2.05, 4.69) is 15.5 Å². The standard InChI is InChI=1S/C21H22BN3O5S/c1-2-29-20(26)11-17-14-31-21(24-17)25-23-12-16-8-9-19(18(10-16)22(27)28)30-13-15-6-4-3-5-7-15/h3-10,12,14,27-28H,2,11,13H2,1H3,(H,24,25). The molecule has 0 aliphatic carbocycles. The average molecular weight is 439 g/mol. The van der Waals surface area contributed by atoms with E-state index in [4.69, 9.17) is 9.47 Å². The van der Waals surface area contributed by atoms with E-state index in [0.717, 1.165) is 5.56 Å². The van der Waals surface area contributed by atoms with Crippen molar-refractivity contribution in [2.75, 3.05) is 12.0 Å². The lowest BCUT2D eigenvalue weighted by atomic mass is 9.79. The van der Waals surface area contributed by atoms with Crippen LogP contribution < -0.4 is 15.6 Å². The molecule has 0 saturated heterocycles. The number of nitrogens with zero attached hydrogens (tertiary/aromatic N) is 2. The van der Waals surface area contributed by atoms with E-state index >= 15 is 0 Å². The summed E-state index contributed by atoms with van der Waals surface area (Å²) < 4.78 is 10.6. The third-order valence-corrected chi connectivity index (χ3v) is 4.90. The first-order valence-corrected chi connectivity index (χ1v) is 10.5. The SMILES string of the molecule is CCOC(=O)Cc1csc(NN=Cc2ccc(OCc3ccccc3)c(B(O)O)c2)n1. The van der Waals surface area contributed by atoms with Gasteiger partial charge in [0.1, 0.15) is 12.4 Å². The summed E-state index contributed by atoms with van der Waals surface area (Å²) in [5.74, 6) is 0.0556. The van der Waals surface area contributed by atoms with Crippen molar-refractivity contribution in [1.29, 1.82) is 0 Å². The molecule has 3 rings (SSSR count). The molecule has 8 nitrogen and oxygen atoms in total. The Morgan fingerprint density at radius 1 is 1.26 bits per heavy atom. The van der Waals surface area contributed by atoms with Crippen LogP contribution in [0, 0.1) is 0 Å². The lowest BCUT2D eigenvalue weighted by molar-refractivity contribution is -0.142. The molecule has 0 radical (unpaired) electrons. The number of hydrogen-bond acceptors (Lipinski definition) is 9. The van der Waals surface area contributed by atoms with Crippen LogP contribution in [0.3, 0.4) is 0 Å². The molecule has 0 unspecified atom stereocenters. The number of carbonyl (C=O) groups excluding carboxylic acids is 1. The van der Waals surface area contributed by atoms with Crippen molar-refractivity contribution in [3.63, 3.8) is 0 Å². The number of ether oxygens (including phenoxy) is 2. The van der Waals surface area contributed by atoms with Crippen LogP contribution in [0.5, 0.6) is 5.75 Å². The molecule has 0 amide bonds. The molecule has 0 bridgehead atoms. The Morgan fingerprint density at radius 2 is 2.06 bits per heavy atom. The molecule has 3 aromatic rings. The fourth-order valence-electron chi connectivity index (χ4n) is 2.68. The highest BCUT2D eigenvalue weighted by Gasteiger charge is 2.18. The number of nitrogens with one attached hydrogen (secondary N) is 1. The minimum absolute atomic E-state index is 0.109. The maximum Gasteiger partial charge on any atom is 0.492 e. The van der Waals surface area contributed by atoms with Gasteiger partial charge in [0.15, 0.2) is 0 Å². The molecule has 31 heavy (non-hydrogen) atoms. The normalized spacial score (nSPS) is 10.8. The Morgan fingerprint density at radius 3 is 2.81 bits per heavy atom. The van der Waals surface area contributed by atoms with Gasteiger partial charge in [0.2, 0.25) is 5.13 Å². The minimum Gasteiger partial charge on any atom is -0.489 e. The van der Waals surface area contributed by atoms with Crippen LogP contribution >= 0.6 is 11.3 Å². The van der Waals surface area contributed by atoms with Gasteiger partial charge in [0.25, 0.3) is 0 Å². The van der Waals surface area contributed by atoms with Gasteiger partial charge in [-0.05, 0) is 36.2 Å². The fraction of sp³-hybridized carbons (Fsp3) is 0.190. The number of benzene rings is 2. The topological polar surface area (TPSA) is 113 Å². The number of esters is 1. The smallest absolute Gasteiger partial charge is 0.489 e. The van der Waals surface area contributed by atoms with E-state index in [-0.39, 0.29) is 17.9 Å². The molecular weight excluding hydrogens is 417 g/mol. The van der Waals surface area contributed by atoms with E-state index in [1.165, 1.54) is 17.6 Å². The third kappa shape index (κ3) is 6.92. The second-order valence-electron chi connectivity index (χ2n) is 6.44. The molecule has 1 aromatic heterocycles. The van der Waals surface area contributed by atoms with E-state index in [0.29, 0.717) is 35.4 Å². The summed E-state index contributed by atoms with van der Waals surface area (Å²) in [6.07, 6.45) is 1.64. The number of anilines is 1. The Hall–Kier alpha value is -3.21. The fourth-order valence-corrected chi connectivity index (χ4v) is 3.34. The van der Waals surface area contributed by atoms with Gasteiger partial charge < -0.3 is 19.5 Å². The van der Waals surface area contributed by atoms with Gasteiger partial charge in [-0.2, -0.15) is 5.10 Å². The van der Waals surface area contributed by atoms with E-state index in [9.17, 15) is 14.8 Å². The molecule has 0 atom stereocenters. The zero-order valence-electron chi connectivity index (χ0n) is 16.9. The largest absolute Gasteiger partial charge is 0.492 e. The van der Waals surface area contributed by atoms with Crippen LogP contribution in [0.2, 0.25) is 0 Å². The summed E-state index contributed by atoms with van der Waals surface area (Å²) in [4.78, 5) is 15.8. The molecule has 0 fully saturated rings. The number of carbonyl (C=O) groups is 1. The van der Waals surface area contributed by atoms with Gasteiger partial charge in [0.05, 0.1) is 24.9 Å². The molecular formula is C21H22BN3O5S. The summed E-state index contributed by atoms with van der Waals surface area (Å²) >= 11 is 1.32. The maximum absolute atomic E-state index is 11.5. The lowest BCUT2D eigenvalue weighted by Crippen LogP contribution is -2.31. The molecule has 1 heterocycles. The zero-order chi connectivity index (χ0) is 22.1. The first-order chi connectivity index (χ1) is 15.0. The van der Waals surface area contributed by atoms with Crippen LogP contribution in [0.15, 0.2) is 59.0 Å². The summed E-state index contributed by atoms with van der Waals surface area (Å²) in [5, 5.41) is 25.8. The van der Waals surface area contributed by atoms with Gasteiger partial charge in [0, 0.05) is 10.8 Å². The van der Waals surface area contributed by atoms with Gasteiger partial charge in [-0.15, -0.1) is 11.3 Å². The van der Waals surface area contributed by atoms with Crippen LogP contribution in [-0.2, 0) is 22.6 Å². The first-order valence-electron chi connectivity index (χ1n) is 9.61. The number of aromatic nitrogens is 1. The number of rotatable bonds is 10. The van der Waals surface area contributed by atoms with Crippen molar-refractivity contribution in [1.82, 2.24) is 4.98 Å². The van der Waals surface area contributed by atoms with Crippen molar-refractivity contribution < 1.29 is 24.3 Å². The van der Waals surface area contributed by atoms with E-state index in [1.54, 1.807) is 30.5 Å². The minimum atomic E-state index is -1.68. The van der Waals surface area contributed by atoms with Gasteiger partial charge in [-0.25, -0.2) is 4.98 Å². The molecule has 0 aliphatic heterocycles. The second kappa shape index (κ2) is 11.3. The van der Waals surface area contributed by atoms with Crippen LogP contribution in [-0.4, -0.2) is 40.9 Å². The molecule has 2 aromatic carbocycles. The molecule has 0 saturated carbocycles. The molecule has 3 N–H and O–H groups in total. The number of hydrazone groups is 1. The van der Waals surface area contributed by atoms with Crippen LogP contribution in [0.1, 0.15) is 23.7 Å². The highest BCUT2D eigenvalue weighted by molar-refractivity contribution is 7.13. The summed E-state index contributed by atoms with van der Waals surface area (Å²) in [5.41, 5.74) is 5.26. The Labute approximate surface area is 184 Å². The van der Waals surface area contributed by atoms with Gasteiger partial charge in [-0.3, -0.25) is 10.2 Å². The van der Waals surface area contributed by atoms with Crippen molar-refractivity contribution in [2.45, 2.75) is 20.0 Å². The van der Waals surface area contributed by atoms with Crippen molar-refractivity contribution in [2.24, 2.45) is 5.10 Å². The zero-order valence-corrected chi connectivity index (χ0v) is 17.7. The van der Waals surface area contributed by atoms with Crippen molar-refractivity contribution in [3.8, 4) is 5.75 Å². The number of thiazole rings is 1. The van der Waals surface area contributed by atoms with Gasteiger partial charge >= 0.3 is 13.1 Å². The highest BCUT2D eigenvalue weighted by atomic mass is 32.1. The lowest BCUT2D eigenvalue weighted by Gasteiger charge is -2.12. The van der Waals surface area contributed by atoms with E-state index < -0.39 is 7.12 Å². The maximum atomic E-state index is 11.5. The monoisotopic (exact) mass is 439 g/mol.